The predicted molar refractivity (Wildman–Crippen MR) is 110 cm³/mol. The van der Waals surface area contributed by atoms with Crippen LogP contribution >= 0.6 is 15.9 Å². The zero-order chi connectivity index (χ0) is 19.6. The van der Waals surface area contributed by atoms with Crippen molar-refractivity contribution in [2.75, 3.05) is 19.7 Å². The molecule has 0 aliphatic heterocycles. The minimum Gasteiger partial charge on any atom is -0.493 e. The number of nitrogens with one attached hydrogen (secondary N) is 2. The van der Waals surface area contributed by atoms with Gasteiger partial charge in [-0.15, -0.1) is 0 Å². The second kappa shape index (κ2) is 10.7. The molecule has 0 aromatic heterocycles. The van der Waals surface area contributed by atoms with Gasteiger partial charge in [-0.05, 0) is 55.7 Å². The third-order valence-electron chi connectivity index (χ3n) is 4.04. The van der Waals surface area contributed by atoms with Crippen LogP contribution < -0.4 is 15.4 Å². The van der Waals surface area contributed by atoms with E-state index in [1.165, 1.54) is 0 Å². The molecule has 0 fully saturated rings. The first kappa shape index (κ1) is 21.0. The molecule has 6 heteroatoms. The maximum atomic E-state index is 11.9. The summed E-state index contributed by atoms with van der Waals surface area (Å²) in [6.45, 7) is 5.31. The Kier molecular flexibility index (Phi) is 8.33. The molecule has 0 aliphatic rings. The van der Waals surface area contributed by atoms with Gasteiger partial charge in [0.15, 0.2) is 0 Å². The summed E-state index contributed by atoms with van der Waals surface area (Å²) in [6, 6.07) is 13.1. The Hall–Kier alpha value is -2.34. The standard InChI is InChI=1S/C21H25BrN2O3/c1-15-5-3-6-16(2)20(15)27-14-4-7-19(25)23-12-13-24-21(26)17-8-10-18(22)11-9-17/h3,5-6,8-11H,4,7,12-14H2,1-2H3,(H,23,25)(H,24,26). The van der Waals surface area contributed by atoms with Crippen LogP contribution in [0.1, 0.15) is 34.3 Å². The summed E-state index contributed by atoms with van der Waals surface area (Å²) in [7, 11) is 0. The number of para-hydroxylation sites is 1. The van der Waals surface area contributed by atoms with Crippen molar-refractivity contribution in [2.45, 2.75) is 26.7 Å². The molecule has 0 bridgehead atoms. The number of carbonyl (C=O) groups is 2. The molecule has 0 unspecified atom stereocenters. The van der Waals surface area contributed by atoms with E-state index >= 15 is 0 Å². The summed E-state index contributed by atoms with van der Waals surface area (Å²) >= 11 is 3.33. The Balaban J connectivity index is 1.58. The van der Waals surface area contributed by atoms with Gasteiger partial charge in [-0.3, -0.25) is 9.59 Å². The molecule has 0 aliphatic carbocycles. The normalized spacial score (nSPS) is 10.3. The lowest BCUT2D eigenvalue weighted by Gasteiger charge is -2.12. The summed E-state index contributed by atoms with van der Waals surface area (Å²) in [5.74, 6) is 0.699. The lowest BCUT2D eigenvalue weighted by molar-refractivity contribution is -0.121. The second-order valence-electron chi connectivity index (χ2n) is 6.29. The Morgan fingerprint density at radius 1 is 0.963 bits per heavy atom. The van der Waals surface area contributed by atoms with Crippen molar-refractivity contribution in [1.29, 1.82) is 0 Å². The van der Waals surface area contributed by atoms with Crippen molar-refractivity contribution in [1.82, 2.24) is 10.6 Å². The highest BCUT2D eigenvalue weighted by molar-refractivity contribution is 9.10. The van der Waals surface area contributed by atoms with E-state index in [1.54, 1.807) is 12.1 Å². The first-order chi connectivity index (χ1) is 13.0. The van der Waals surface area contributed by atoms with Gasteiger partial charge < -0.3 is 15.4 Å². The molecule has 5 nitrogen and oxygen atoms in total. The van der Waals surface area contributed by atoms with E-state index in [2.05, 4.69) is 26.6 Å². The summed E-state index contributed by atoms with van der Waals surface area (Å²) in [5, 5.41) is 5.58. The average Bonchev–Trinajstić information content (AvgIpc) is 2.64. The number of hydrogen-bond donors (Lipinski definition) is 2. The van der Waals surface area contributed by atoms with Crippen molar-refractivity contribution in [3.8, 4) is 5.75 Å². The Morgan fingerprint density at radius 3 is 2.26 bits per heavy atom. The van der Waals surface area contributed by atoms with Crippen LogP contribution in [-0.2, 0) is 4.79 Å². The molecule has 0 saturated heterocycles. The molecule has 2 aromatic carbocycles. The van der Waals surface area contributed by atoms with Gasteiger partial charge in [0.2, 0.25) is 5.91 Å². The Bertz CT molecular complexity index is 755. The molecular weight excluding hydrogens is 408 g/mol. The lowest BCUT2D eigenvalue weighted by atomic mass is 10.1. The number of amides is 2. The molecule has 27 heavy (non-hydrogen) atoms. The number of benzene rings is 2. The van der Waals surface area contributed by atoms with Gasteiger partial charge in [-0.25, -0.2) is 0 Å². The molecule has 0 radical (unpaired) electrons. The highest BCUT2D eigenvalue weighted by Crippen LogP contribution is 2.22. The minimum absolute atomic E-state index is 0.0435. The second-order valence-corrected chi connectivity index (χ2v) is 7.20. The lowest BCUT2D eigenvalue weighted by Crippen LogP contribution is -2.34. The fraction of sp³-hybridized carbons (Fsp3) is 0.333. The van der Waals surface area contributed by atoms with E-state index in [0.717, 1.165) is 21.3 Å². The summed E-state index contributed by atoms with van der Waals surface area (Å²) in [6.07, 6.45) is 1.04. The molecule has 2 amide bonds. The van der Waals surface area contributed by atoms with Crippen LogP contribution in [0.5, 0.6) is 5.75 Å². The molecule has 0 heterocycles. The highest BCUT2D eigenvalue weighted by Gasteiger charge is 2.06. The Labute approximate surface area is 168 Å². The first-order valence-corrected chi connectivity index (χ1v) is 9.76. The maximum Gasteiger partial charge on any atom is 0.251 e. The van der Waals surface area contributed by atoms with Gasteiger partial charge >= 0.3 is 0 Å². The van der Waals surface area contributed by atoms with Gasteiger partial charge in [-0.1, -0.05) is 34.1 Å². The summed E-state index contributed by atoms with van der Waals surface area (Å²) in [4.78, 5) is 23.8. The van der Waals surface area contributed by atoms with E-state index in [1.807, 2.05) is 44.2 Å². The van der Waals surface area contributed by atoms with Gasteiger partial charge in [0.25, 0.3) is 5.91 Å². The van der Waals surface area contributed by atoms with Gasteiger partial charge in [0.1, 0.15) is 5.75 Å². The molecule has 0 saturated carbocycles. The molecule has 2 aromatic rings. The summed E-state index contributed by atoms with van der Waals surface area (Å²) in [5.41, 5.74) is 2.79. The third kappa shape index (κ3) is 7.06. The third-order valence-corrected chi connectivity index (χ3v) is 4.57. The SMILES string of the molecule is Cc1cccc(C)c1OCCCC(=O)NCCNC(=O)c1ccc(Br)cc1. The number of hydrogen-bond acceptors (Lipinski definition) is 3. The number of carbonyl (C=O) groups excluding carboxylic acids is 2. The van der Waals surface area contributed by atoms with Crippen LogP contribution in [-0.4, -0.2) is 31.5 Å². The van der Waals surface area contributed by atoms with Crippen LogP contribution in [0.2, 0.25) is 0 Å². The molecule has 0 atom stereocenters. The number of rotatable bonds is 9. The molecule has 2 rings (SSSR count). The van der Waals surface area contributed by atoms with Gasteiger partial charge in [0, 0.05) is 29.5 Å². The topological polar surface area (TPSA) is 67.4 Å². The Morgan fingerprint density at radius 2 is 1.59 bits per heavy atom. The van der Waals surface area contributed by atoms with Crippen molar-refractivity contribution in [3.63, 3.8) is 0 Å². The van der Waals surface area contributed by atoms with Crippen molar-refractivity contribution < 1.29 is 14.3 Å². The van der Waals surface area contributed by atoms with E-state index in [0.29, 0.717) is 38.1 Å². The van der Waals surface area contributed by atoms with Gasteiger partial charge in [-0.2, -0.15) is 0 Å². The van der Waals surface area contributed by atoms with E-state index in [-0.39, 0.29) is 11.8 Å². The van der Waals surface area contributed by atoms with E-state index < -0.39 is 0 Å². The fourth-order valence-corrected chi connectivity index (χ4v) is 2.87. The zero-order valence-electron chi connectivity index (χ0n) is 15.7. The van der Waals surface area contributed by atoms with Crippen molar-refractivity contribution in [2.24, 2.45) is 0 Å². The average molecular weight is 433 g/mol. The fourth-order valence-electron chi connectivity index (χ4n) is 2.60. The van der Waals surface area contributed by atoms with Crippen LogP contribution in [0.4, 0.5) is 0 Å². The molecule has 2 N–H and O–H groups in total. The highest BCUT2D eigenvalue weighted by atomic mass is 79.9. The van der Waals surface area contributed by atoms with Crippen molar-refractivity contribution in [3.05, 3.63) is 63.6 Å². The molecular formula is C21H25BrN2O3. The molecule has 0 spiro atoms. The number of halogens is 1. The smallest absolute Gasteiger partial charge is 0.251 e. The quantitative estimate of drug-likeness (QED) is 0.592. The largest absolute Gasteiger partial charge is 0.493 e. The van der Waals surface area contributed by atoms with Crippen LogP contribution in [0.25, 0.3) is 0 Å². The number of ether oxygens (including phenoxy) is 1. The number of aryl methyl sites for hydroxylation is 2. The minimum atomic E-state index is -0.154. The maximum absolute atomic E-state index is 11.9. The van der Waals surface area contributed by atoms with E-state index in [4.69, 9.17) is 4.74 Å². The predicted octanol–water partition coefficient (Wildman–Crippen LogP) is 3.77. The van der Waals surface area contributed by atoms with Crippen LogP contribution in [0.15, 0.2) is 46.9 Å². The van der Waals surface area contributed by atoms with E-state index in [9.17, 15) is 9.59 Å². The monoisotopic (exact) mass is 432 g/mol. The van der Waals surface area contributed by atoms with Crippen LogP contribution in [0.3, 0.4) is 0 Å². The summed E-state index contributed by atoms with van der Waals surface area (Å²) < 4.78 is 6.72. The van der Waals surface area contributed by atoms with Crippen LogP contribution in [0, 0.1) is 13.8 Å². The van der Waals surface area contributed by atoms with Crippen molar-refractivity contribution >= 4 is 27.7 Å². The zero-order valence-corrected chi connectivity index (χ0v) is 17.3. The van der Waals surface area contributed by atoms with Gasteiger partial charge in [0.05, 0.1) is 6.61 Å². The molecule has 144 valence electrons. The first-order valence-electron chi connectivity index (χ1n) is 8.97.